The van der Waals surface area contributed by atoms with Gasteiger partial charge in [-0.3, -0.25) is 9.59 Å². The average molecular weight is 256 g/mol. The van der Waals surface area contributed by atoms with E-state index >= 15 is 0 Å². The Morgan fingerprint density at radius 1 is 1.22 bits per heavy atom. The van der Waals surface area contributed by atoms with Gasteiger partial charge in [-0.25, -0.2) is 8.78 Å². The topological polar surface area (TPSA) is 43.4 Å². The minimum Gasteiger partial charge on any atom is -0.381 e. The summed E-state index contributed by atoms with van der Waals surface area (Å²) < 4.78 is 30.5. The first-order chi connectivity index (χ1) is 8.54. The van der Waals surface area contributed by atoms with Crippen molar-refractivity contribution in [1.29, 1.82) is 0 Å². The number of ketones is 2. The molecule has 0 amide bonds. The number of benzene rings is 1. The Balaban J connectivity index is 2.54. The molecule has 1 aromatic carbocycles. The molecule has 5 heteroatoms. The maximum atomic E-state index is 12.9. The molecule has 0 N–H and O–H groups in total. The summed E-state index contributed by atoms with van der Waals surface area (Å²) in [4.78, 5) is 23.0. The van der Waals surface area contributed by atoms with Crippen molar-refractivity contribution < 1.29 is 23.1 Å². The van der Waals surface area contributed by atoms with Crippen molar-refractivity contribution in [3.8, 4) is 0 Å². The van der Waals surface area contributed by atoms with Gasteiger partial charge in [-0.05, 0) is 25.1 Å². The highest BCUT2D eigenvalue weighted by Crippen LogP contribution is 2.11. The molecule has 0 fully saturated rings. The summed E-state index contributed by atoms with van der Waals surface area (Å²) >= 11 is 0. The molecule has 18 heavy (non-hydrogen) atoms. The van der Waals surface area contributed by atoms with Crippen LogP contribution >= 0.6 is 0 Å². The smallest absolute Gasteiger partial charge is 0.170 e. The summed E-state index contributed by atoms with van der Waals surface area (Å²) in [6.45, 7) is 2.57. The Labute approximate surface area is 104 Å². The molecule has 0 aliphatic rings. The normalized spacial score (nSPS) is 10.4. The van der Waals surface area contributed by atoms with Crippen molar-refractivity contribution in [2.24, 2.45) is 0 Å². The van der Waals surface area contributed by atoms with Crippen LogP contribution in [-0.4, -0.2) is 24.8 Å². The number of ether oxygens (including phenoxy) is 1. The molecule has 0 aliphatic carbocycles. The highest BCUT2D eigenvalue weighted by atomic mass is 19.2. The molecule has 0 saturated heterocycles. The van der Waals surface area contributed by atoms with E-state index in [1.165, 1.54) is 0 Å². The van der Waals surface area contributed by atoms with Gasteiger partial charge in [0.05, 0.1) is 13.0 Å². The number of carbonyl (C=O) groups is 2. The molecule has 0 radical (unpaired) electrons. The van der Waals surface area contributed by atoms with Gasteiger partial charge >= 0.3 is 0 Å². The molecule has 0 unspecified atom stereocenters. The third kappa shape index (κ3) is 4.33. The van der Waals surface area contributed by atoms with Crippen LogP contribution < -0.4 is 0 Å². The fraction of sp³-hybridized carbons (Fsp3) is 0.385. The maximum Gasteiger partial charge on any atom is 0.170 e. The number of hydrogen-bond donors (Lipinski definition) is 0. The molecule has 0 aliphatic heterocycles. The molecular weight excluding hydrogens is 242 g/mol. The molecule has 0 bridgehead atoms. The molecular formula is C13H14F2O3. The highest BCUT2D eigenvalue weighted by molar-refractivity contribution is 6.07. The summed E-state index contributed by atoms with van der Waals surface area (Å²) in [6.07, 6.45) is -0.179. The molecule has 0 spiro atoms. The van der Waals surface area contributed by atoms with Crippen LogP contribution in [0.1, 0.15) is 30.1 Å². The molecule has 98 valence electrons. The average Bonchev–Trinajstić information content (AvgIpc) is 2.33. The Morgan fingerprint density at radius 2 is 1.94 bits per heavy atom. The van der Waals surface area contributed by atoms with Crippen LogP contribution in [0, 0.1) is 11.6 Å². The van der Waals surface area contributed by atoms with Crippen LogP contribution in [0.15, 0.2) is 18.2 Å². The number of rotatable bonds is 7. The van der Waals surface area contributed by atoms with E-state index in [4.69, 9.17) is 4.74 Å². The van der Waals surface area contributed by atoms with Crippen molar-refractivity contribution in [3.05, 3.63) is 35.4 Å². The van der Waals surface area contributed by atoms with Gasteiger partial charge in [0.15, 0.2) is 17.4 Å². The zero-order valence-corrected chi connectivity index (χ0v) is 10.0. The lowest BCUT2D eigenvalue weighted by molar-refractivity contribution is -0.119. The van der Waals surface area contributed by atoms with E-state index < -0.39 is 17.4 Å². The molecule has 0 saturated carbocycles. The number of carbonyl (C=O) groups excluding carboxylic acids is 2. The lowest BCUT2D eigenvalue weighted by Gasteiger charge is -2.02. The van der Waals surface area contributed by atoms with E-state index in [-0.39, 0.29) is 30.8 Å². The largest absolute Gasteiger partial charge is 0.381 e. The number of halogens is 2. The second-order valence-electron chi connectivity index (χ2n) is 3.71. The summed E-state index contributed by atoms with van der Waals surface area (Å²) in [5, 5.41) is 0. The van der Waals surface area contributed by atoms with E-state index in [9.17, 15) is 18.4 Å². The minimum absolute atomic E-state index is 0.00124. The van der Waals surface area contributed by atoms with E-state index in [2.05, 4.69) is 0 Å². The van der Waals surface area contributed by atoms with Crippen molar-refractivity contribution in [2.45, 2.75) is 19.8 Å². The van der Waals surface area contributed by atoms with Crippen LogP contribution in [0.3, 0.4) is 0 Å². The van der Waals surface area contributed by atoms with Gasteiger partial charge in [0.2, 0.25) is 0 Å². The minimum atomic E-state index is -1.09. The van der Waals surface area contributed by atoms with Crippen LogP contribution in [-0.2, 0) is 9.53 Å². The summed E-state index contributed by atoms with van der Waals surface area (Å²) in [5.41, 5.74) is -0.00124. The zero-order chi connectivity index (χ0) is 13.5. The van der Waals surface area contributed by atoms with Crippen LogP contribution in [0.5, 0.6) is 0 Å². The molecule has 3 nitrogen and oxygen atoms in total. The lowest BCUT2D eigenvalue weighted by atomic mass is 10.0. The fourth-order valence-electron chi connectivity index (χ4n) is 1.37. The Bertz CT molecular complexity index is 444. The summed E-state index contributed by atoms with van der Waals surface area (Å²) in [7, 11) is 0. The van der Waals surface area contributed by atoms with Gasteiger partial charge in [0.25, 0.3) is 0 Å². The molecule has 1 aromatic rings. The van der Waals surface area contributed by atoms with Gasteiger partial charge in [-0.15, -0.1) is 0 Å². The Morgan fingerprint density at radius 3 is 2.56 bits per heavy atom. The second-order valence-corrected chi connectivity index (χ2v) is 3.71. The third-order valence-corrected chi connectivity index (χ3v) is 2.33. The quantitative estimate of drug-likeness (QED) is 0.428. The standard InChI is InChI=1S/C13H14F2O3/c1-2-18-6-5-10(16)8-13(17)9-3-4-11(14)12(15)7-9/h3-4,7H,2,5-6,8H2,1H3. The highest BCUT2D eigenvalue weighted by Gasteiger charge is 2.13. The maximum absolute atomic E-state index is 12.9. The number of Topliss-reactive ketones (excluding diaryl/α,β-unsaturated/α-hetero) is 2. The zero-order valence-electron chi connectivity index (χ0n) is 10.0. The summed E-state index contributed by atoms with van der Waals surface area (Å²) in [5.74, 6) is -2.91. The predicted octanol–water partition coefficient (Wildman–Crippen LogP) is 2.53. The summed E-state index contributed by atoms with van der Waals surface area (Å²) in [6, 6.07) is 2.83. The van der Waals surface area contributed by atoms with Crippen LogP contribution in [0.4, 0.5) is 8.78 Å². The van der Waals surface area contributed by atoms with Gasteiger partial charge < -0.3 is 4.74 Å². The van der Waals surface area contributed by atoms with Crippen molar-refractivity contribution in [1.82, 2.24) is 0 Å². The van der Waals surface area contributed by atoms with Crippen molar-refractivity contribution in [3.63, 3.8) is 0 Å². The SMILES string of the molecule is CCOCCC(=O)CC(=O)c1ccc(F)c(F)c1. The van der Waals surface area contributed by atoms with Gasteiger partial charge in [0.1, 0.15) is 5.78 Å². The van der Waals surface area contributed by atoms with Gasteiger partial charge in [0, 0.05) is 18.6 Å². The monoisotopic (exact) mass is 256 g/mol. The van der Waals surface area contributed by atoms with E-state index in [0.717, 1.165) is 18.2 Å². The lowest BCUT2D eigenvalue weighted by Crippen LogP contribution is -2.11. The number of hydrogen-bond acceptors (Lipinski definition) is 3. The molecule has 0 aromatic heterocycles. The predicted molar refractivity (Wildman–Crippen MR) is 61.4 cm³/mol. The molecule has 1 rings (SSSR count). The molecule has 0 atom stereocenters. The first-order valence-corrected chi connectivity index (χ1v) is 5.62. The third-order valence-electron chi connectivity index (χ3n) is 2.33. The van der Waals surface area contributed by atoms with E-state index in [1.807, 2.05) is 0 Å². The molecule has 0 heterocycles. The first-order valence-electron chi connectivity index (χ1n) is 5.62. The Kier molecular flexibility index (Phi) is 5.58. The van der Waals surface area contributed by atoms with E-state index in [0.29, 0.717) is 6.61 Å². The first kappa shape index (κ1) is 14.4. The van der Waals surface area contributed by atoms with Crippen molar-refractivity contribution >= 4 is 11.6 Å². The van der Waals surface area contributed by atoms with Crippen molar-refractivity contribution in [2.75, 3.05) is 13.2 Å². The fourth-order valence-corrected chi connectivity index (χ4v) is 1.37. The van der Waals surface area contributed by atoms with Gasteiger partial charge in [-0.1, -0.05) is 0 Å². The van der Waals surface area contributed by atoms with E-state index in [1.54, 1.807) is 6.92 Å². The van der Waals surface area contributed by atoms with Crippen LogP contribution in [0.25, 0.3) is 0 Å². The van der Waals surface area contributed by atoms with Crippen LogP contribution in [0.2, 0.25) is 0 Å². The Hall–Kier alpha value is -1.62. The van der Waals surface area contributed by atoms with Gasteiger partial charge in [-0.2, -0.15) is 0 Å². The second kappa shape index (κ2) is 6.96.